The molecule has 0 aliphatic carbocycles. The Morgan fingerprint density at radius 3 is 2.30 bits per heavy atom. The van der Waals surface area contributed by atoms with Gasteiger partial charge in [-0.3, -0.25) is 4.79 Å². The van der Waals surface area contributed by atoms with E-state index in [1.807, 2.05) is 43.3 Å². The Labute approximate surface area is 182 Å². The molecule has 30 heavy (non-hydrogen) atoms. The zero-order chi connectivity index (χ0) is 21.9. The number of nitrogens with zero attached hydrogens (tertiary/aromatic N) is 2. The van der Waals surface area contributed by atoms with Crippen molar-refractivity contribution >= 4 is 23.4 Å². The van der Waals surface area contributed by atoms with Gasteiger partial charge in [-0.25, -0.2) is 0 Å². The van der Waals surface area contributed by atoms with E-state index in [-0.39, 0.29) is 16.6 Å². The summed E-state index contributed by atoms with van der Waals surface area (Å²) in [5, 5.41) is 11.3. The lowest BCUT2D eigenvalue weighted by atomic mass is 9.87. The van der Waals surface area contributed by atoms with Gasteiger partial charge in [0, 0.05) is 11.3 Å². The van der Waals surface area contributed by atoms with Gasteiger partial charge in [-0.1, -0.05) is 76.7 Å². The van der Waals surface area contributed by atoms with E-state index in [1.165, 1.54) is 17.3 Å². The van der Waals surface area contributed by atoms with Crippen LogP contribution in [0.15, 0.2) is 58.2 Å². The molecule has 0 radical (unpaired) electrons. The predicted octanol–water partition coefficient (Wildman–Crippen LogP) is 6.28. The summed E-state index contributed by atoms with van der Waals surface area (Å²) in [4.78, 5) is 12.7. The first-order chi connectivity index (χ1) is 14.1. The van der Waals surface area contributed by atoms with Crippen LogP contribution in [0.2, 0.25) is 0 Å². The van der Waals surface area contributed by atoms with E-state index in [2.05, 4.69) is 62.3 Å². The number of carbonyl (C=O) groups is 1. The topological polar surface area (TPSA) is 68.0 Å². The van der Waals surface area contributed by atoms with Crippen LogP contribution in [0.4, 0.5) is 5.69 Å². The molecule has 0 saturated carbocycles. The standard InChI is InChI=1S/C24H29N3O2S/c1-15(2)19-9-7-8-10-20(19)25-21(28)16(3)30-23-27-26-22(29-23)17-11-13-18(14-12-17)24(4,5)6/h7-16H,1-6H3,(H,25,28)/t16-/m0/s1. The number of thioether (sulfide) groups is 1. The molecule has 1 aromatic heterocycles. The minimum Gasteiger partial charge on any atom is -0.411 e. The minimum atomic E-state index is -0.373. The van der Waals surface area contributed by atoms with Gasteiger partial charge in [0.1, 0.15) is 0 Å². The highest BCUT2D eigenvalue weighted by Gasteiger charge is 2.20. The lowest BCUT2D eigenvalue weighted by molar-refractivity contribution is -0.115. The number of aromatic nitrogens is 2. The van der Waals surface area contributed by atoms with Crippen molar-refractivity contribution in [2.45, 2.75) is 63.3 Å². The first kappa shape index (κ1) is 22.1. The van der Waals surface area contributed by atoms with Gasteiger partial charge in [0.05, 0.1) is 5.25 Å². The molecule has 1 N–H and O–H groups in total. The third-order valence-corrected chi connectivity index (χ3v) is 5.83. The van der Waals surface area contributed by atoms with E-state index in [0.29, 0.717) is 17.0 Å². The van der Waals surface area contributed by atoms with Crippen LogP contribution < -0.4 is 5.32 Å². The summed E-state index contributed by atoms with van der Waals surface area (Å²) in [5.74, 6) is 0.686. The van der Waals surface area contributed by atoms with Gasteiger partial charge in [0.2, 0.25) is 11.8 Å². The third kappa shape index (κ3) is 5.30. The average Bonchev–Trinajstić information content (AvgIpc) is 3.16. The molecule has 0 saturated heterocycles. The summed E-state index contributed by atoms with van der Waals surface area (Å²) in [5.41, 5.74) is 4.15. The molecule has 0 fully saturated rings. The number of rotatable bonds is 6. The quantitative estimate of drug-likeness (QED) is 0.473. The van der Waals surface area contributed by atoms with E-state index < -0.39 is 0 Å². The first-order valence-corrected chi connectivity index (χ1v) is 11.0. The number of hydrogen-bond donors (Lipinski definition) is 1. The number of benzene rings is 2. The number of amides is 1. The fourth-order valence-electron chi connectivity index (χ4n) is 3.04. The van der Waals surface area contributed by atoms with Crippen molar-refractivity contribution in [3.63, 3.8) is 0 Å². The Bertz CT molecular complexity index is 1000. The van der Waals surface area contributed by atoms with Crippen molar-refractivity contribution in [3.05, 3.63) is 59.7 Å². The Morgan fingerprint density at radius 2 is 1.67 bits per heavy atom. The zero-order valence-electron chi connectivity index (χ0n) is 18.4. The van der Waals surface area contributed by atoms with Gasteiger partial charge in [0.25, 0.3) is 5.22 Å². The SMILES string of the molecule is CC(C)c1ccccc1NC(=O)[C@H](C)Sc1nnc(-c2ccc(C(C)(C)C)cc2)o1. The molecule has 0 aliphatic rings. The van der Waals surface area contributed by atoms with Gasteiger partial charge in [-0.05, 0) is 47.6 Å². The van der Waals surface area contributed by atoms with Crippen molar-refractivity contribution < 1.29 is 9.21 Å². The van der Waals surface area contributed by atoms with Crippen molar-refractivity contribution in [3.8, 4) is 11.5 Å². The molecule has 0 spiro atoms. The summed E-state index contributed by atoms with van der Waals surface area (Å²) < 4.78 is 5.79. The molecule has 1 heterocycles. The van der Waals surface area contributed by atoms with Crippen LogP contribution in [0.25, 0.3) is 11.5 Å². The predicted molar refractivity (Wildman–Crippen MR) is 123 cm³/mol. The molecule has 2 aromatic carbocycles. The van der Waals surface area contributed by atoms with Gasteiger partial charge >= 0.3 is 0 Å². The van der Waals surface area contributed by atoms with Crippen LogP contribution in [0, 0.1) is 0 Å². The molecular formula is C24H29N3O2S. The monoisotopic (exact) mass is 423 g/mol. The third-order valence-electron chi connectivity index (χ3n) is 4.89. The molecule has 0 unspecified atom stereocenters. The molecule has 1 amide bonds. The molecule has 6 heteroatoms. The zero-order valence-corrected chi connectivity index (χ0v) is 19.2. The molecule has 0 aliphatic heterocycles. The molecular weight excluding hydrogens is 394 g/mol. The number of anilines is 1. The molecule has 5 nitrogen and oxygen atoms in total. The number of carbonyl (C=O) groups excluding carboxylic acids is 1. The van der Waals surface area contributed by atoms with Gasteiger partial charge in [-0.2, -0.15) is 0 Å². The highest BCUT2D eigenvalue weighted by atomic mass is 32.2. The van der Waals surface area contributed by atoms with Crippen LogP contribution >= 0.6 is 11.8 Å². The summed E-state index contributed by atoms with van der Waals surface area (Å²) in [7, 11) is 0. The summed E-state index contributed by atoms with van der Waals surface area (Å²) in [6.07, 6.45) is 0. The van der Waals surface area contributed by atoms with E-state index in [4.69, 9.17) is 4.42 Å². The van der Waals surface area contributed by atoms with Crippen molar-refractivity contribution in [2.75, 3.05) is 5.32 Å². The van der Waals surface area contributed by atoms with E-state index >= 15 is 0 Å². The first-order valence-electron chi connectivity index (χ1n) is 10.2. The van der Waals surface area contributed by atoms with Crippen LogP contribution in [0.1, 0.15) is 58.6 Å². The van der Waals surface area contributed by atoms with E-state index in [0.717, 1.165) is 16.8 Å². The van der Waals surface area contributed by atoms with Crippen LogP contribution in [0.5, 0.6) is 0 Å². The normalized spacial score (nSPS) is 12.8. The van der Waals surface area contributed by atoms with Gasteiger partial charge < -0.3 is 9.73 Å². The van der Waals surface area contributed by atoms with Crippen LogP contribution in [0.3, 0.4) is 0 Å². The second-order valence-corrected chi connectivity index (χ2v) is 9.98. The van der Waals surface area contributed by atoms with Crippen molar-refractivity contribution in [1.29, 1.82) is 0 Å². The number of nitrogens with one attached hydrogen (secondary N) is 1. The van der Waals surface area contributed by atoms with Crippen LogP contribution in [-0.4, -0.2) is 21.4 Å². The summed E-state index contributed by atoms with van der Waals surface area (Å²) in [6.45, 7) is 12.6. The molecule has 3 rings (SSSR count). The smallest absolute Gasteiger partial charge is 0.277 e. The second kappa shape index (κ2) is 9.04. The molecule has 3 aromatic rings. The summed E-state index contributed by atoms with van der Waals surface area (Å²) in [6, 6.07) is 16.0. The minimum absolute atomic E-state index is 0.0887. The van der Waals surface area contributed by atoms with E-state index in [1.54, 1.807) is 0 Å². The molecule has 158 valence electrons. The molecule has 1 atom stereocenters. The highest BCUT2D eigenvalue weighted by molar-refractivity contribution is 8.00. The fraction of sp³-hybridized carbons (Fsp3) is 0.375. The number of hydrogen-bond acceptors (Lipinski definition) is 5. The lowest BCUT2D eigenvalue weighted by Crippen LogP contribution is -2.23. The Kier molecular flexibility index (Phi) is 6.66. The van der Waals surface area contributed by atoms with Crippen molar-refractivity contribution in [2.24, 2.45) is 0 Å². The molecule has 0 bridgehead atoms. The lowest BCUT2D eigenvalue weighted by Gasteiger charge is -2.18. The second-order valence-electron chi connectivity index (χ2n) is 8.69. The van der Waals surface area contributed by atoms with Crippen molar-refractivity contribution in [1.82, 2.24) is 10.2 Å². The van der Waals surface area contributed by atoms with Gasteiger partial charge in [-0.15, -0.1) is 10.2 Å². The largest absolute Gasteiger partial charge is 0.411 e. The maximum Gasteiger partial charge on any atom is 0.277 e. The maximum absolute atomic E-state index is 12.7. The fourth-order valence-corrected chi connectivity index (χ4v) is 3.72. The maximum atomic E-state index is 12.7. The Hall–Kier alpha value is -2.60. The van der Waals surface area contributed by atoms with E-state index in [9.17, 15) is 4.79 Å². The number of para-hydroxylation sites is 1. The Morgan fingerprint density at radius 1 is 1.00 bits per heavy atom. The summed E-state index contributed by atoms with van der Waals surface area (Å²) >= 11 is 1.26. The highest BCUT2D eigenvalue weighted by Crippen LogP contribution is 2.30. The van der Waals surface area contributed by atoms with Crippen LogP contribution in [-0.2, 0) is 10.2 Å². The Balaban J connectivity index is 1.66. The average molecular weight is 424 g/mol. The van der Waals surface area contributed by atoms with Gasteiger partial charge in [0.15, 0.2) is 0 Å².